The fourth-order valence-electron chi connectivity index (χ4n) is 2.38. The van der Waals surface area contributed by atoms with E-state index in [9.17, 15) is 14.0 Å². The van der Waals surface area contributed by atoms with E-state index in [1.165, 1.54) is 0 Å². The number of alkyl halides is 1. The van der Waals surface area contributed by atoms with Crippen molar-refractivity contribution in [1.29, 1.82) is 0 Å². The van der Waals surface area contributed by atoms with Crippen molar-refractivity contribution in [3.63, 3.8) is 0 Å². The van der Waals surface area contributed by atoms with Crippen LogP contribution >= 0.6 is 0 Å². The minimum Gasteiger partial charge on any atom is -0.447 e. The van der Waals surface area contributed by atoms with Gasteiger partial charge in [0.2, 0.25) is 0 Å². The van der Waals surface area contributed by atoms with Crippen molar-refractivity contribution >= 4 is 11.9 Å². The Morgan fingerprint density at radius 1 is 1.53 bits per heavy atom. The first-order valence-electron chi connectivity index (χ1n) is 5.15. The van der Waals surface area contributed by atoms with E-state index in [1.54, 1.807) is 4.90 Å². The van der Waals surface area contributed by atoms with Crippen molar-refractivity contribution < 1.29 is 18.7 Å². The SMILES string of the molecule is O=C1CC2(CCN(C(=O)OCCF)C2)C1. The Morgan fingerprint density at radius 3 is 2.87 bits per heavy atom. The van der Waals surface area contributed by atoms with Crippen LogP contribution in [0.2, 0.25) is 0 Å². The lowest BCUT2D eigenvalue weighted by atomic mass is 9.67. The Balaban J connectivity index is 1.82. The largest absolute Gasteiger partial charge is 0.447 e. The lowest BCUT2D eigenvalue weighted by Crippen LogP contribution is -2.41. The van der Waals surface area contributed by atoms with Gasteiger partial charge in [0.25, 0.3) is 0 Å². The summed E-state index contributed by atoms with van der Waals surface area (Å²) in [6, 6.07) is 0. The van der Waals surface area contributed by atoms with E-state index >= 15 is 0 Å². The van der Waals surface area contributed by atoms with E-state index < -0.39 is 12.8 Å². The van der Waals surface area contributed by atoms with E-state index in [2.05, 4.69) is 0 Å². The van der Waals surface area contributed by atoms with Crippen LogP contribution in [-0.2, 0) is 9.53 Å². The van der Waals surface area contributed by atoms with Gasteiger partial charge >= 0.3 is 6.09 Å². The molecule has 15 heavy (non-hydrogen) atoms. The standard InChI is InChI=1S/C10H14FNO3/c11-2-4-15-9(14)12-3-1-10(7-12)5-8(13)6-10/h1-7H2. The summed E-state index contributed by atoms with van der Waals surface area (Å²) in [7, 11) is 0. The van der Waals surface area contributed by atoms with Crippen LogP contribution in [0.1, 0.15) is 19.3 Å². The highest BCUT2D eigenvalue weighted by Gasteiger charge is 2.49. The molecular formula is C10H14FNO3. The van der Waals surface area contributed by atoms with E-state index in [4.69, 9.17) is 4.74 Å². The van der Waals surface area contributed by atoms with Gasteiger partial charge in [-0.2, -0.15) is 0 Å². The van der Waals surface area contributed by atoms with Crippen LogP contribution in [0.15, 0.2) is 0 Å². The Morgan fingerprint density at radius 2 is 2.27 bits per heavy atom. The molecule has 1 aliphatic carbocycles. The zero-order valence-electron chi connectivity index (χ0n) is 8.50. The van der Waals surface area contributed by atoms with Crippen LogP contribution in [0.5, 0.6) is 0 Å². The van der Waals surface area contributed by atoms with Crippen molar-refractivity contribution in [2.24, 2.45) is 5.41 Å². The summed E-state index contributed by atoms with van der Waals surface area (Å²) in [6.45, 7) is 0.382. The van der Waals surface area contributed by atoms with Gasteiger partial charge in [-0.25, -0.2) is 9.18 Å². The Bertz CT molecular complexity index is 284. The van der Waals surface area contributed by atoms with Crippen molar-refractivity contribution in [2.45, 2.75) is 19.3 Å². The van der Waals surface area contributed by atoms with E-state index in [0.717, 1.165) is 6.42 Å². The summed E-state index contributed by atoms with van der Waals surface area (Å²) in [4.78, 5) is 23.9. The number of hydrogen-bond acceptors (Lipinski definition) is 3. The molecule has 1 saturated carbocycles. The maximum absolute atomic E-state index is 11.8. The average Bonchev–Trinajstić information content (AvgIpc) is 2.58. The molecule has 4 nitrogen and oxygen atoms in total. The summed E-state index contributed by atoms with van der Waals surface area (Å²) >= 11 is 0. The minimum atomic E-state index is -0.650. The van der Waals surface area contributed by atoms with Gasteiger partial charge in [-0.05, 0) is 6.42 Å². The molecule has 0 bridgehead atoms. The molecule has 0 unspecified atom stereocenters. The predicted molar refractivity (Wildman–Crippen MR) is 50.2 cm³/mol. The third-order valence-corrected chi connectivity index (χ3v) is 3.14. The van der Waals surface area contributed by atoms with E-state index in [-0.39, 0.29) is 17.8 Å². The molecule has 84 valence electrons. The summed E-state index contributed by atoms with van der Waals surface area (Å²) in [6.07, 6.45) is 1.58. The minimum absolute atomic E-state index is 0.0197. The highest BCUT2D eigenvalue weighted by Crippen LogP contribution is 2.45. The molecule has 1 aliphatic heterocycles. The van der Waals surface area contributed by atoms with Gasteiger partial charge in [0.1, 0.15) is 19.1 Å². The topological polar surface area (TPSA) is 46.6 Å². The third-order valence-electron chi connectivity index (χ3n) is 3.14. The molecular weight excluding hydrogens is 201 g/mol. The Hall–Kier alpha value is -1.13. The van der Waals surface area contributed by atoms with Gasteiger partial charge in [-0.15, -0.1) is 0 Å². The highest BCUT2D eigenvalue weighted by atomic mass is 19.1. The predicted octanol–water partition coefficient (Wildman–Crippen LogP) is 1.15. The molecule has 5 heteroatoms. The zero-order valence-corrected chi connectivity index (χ0v) is 8.50. The Kier molecular flexibility index (Phi) is 2.63. The van der Waals surface area contributed by atoms with Crippen LogP contribution in [0.4, 0.5) is 9.18 Å². The molecule has 1 heterocycles. The lowest BCUT2D eigenvalue weighted by Gasteiger charge is -2.36. The van der Waals surface area contributed by atoms with Gasteiger partial charge < -0.3 is 9.64 Å². The first kappa shape index (κ1) is 10.4. The third kappa shape index (κ3) is 1.96. The smallest absolute Gasteiger partial charge is 0.409 e. The number of carbonyl (C=O) groups excluding carboxylic acids is 2. The van der Waals surface area contributed by atoms with Gasteiger partial charge in [0.15, 0.2) is 0 Å². The summed E-state index contributed by atoms with van der Waals surface area (Å²) in [5, 5.41) is 0. The van der Waals surface area contributed by atoms with E-state index in [1.807, 2.05) is 0 Å². The second-order valence-corrected chi connectivity index (χ2v) is 4.37. The van der Waals surface area contributed by atoms with Crippen molar-refractivity contribution in [1.82, 2.24) is 4.90 Å². The first-order chi connectivity index (χ1) is 7.15. The van der Waals surface area contributed by atoms with Crippen LogP contribution < -0.4 is 0 Å². The van der Waals surface area contributed by atoms with Crippen LogP contribution in [-0.4, -0.2) is 43.1 Å². The molecule has 2 rings (SSSR count). The molecule has 1 amide bonds. The number of amides is 1. The quantitative estimate of drug-likeness (QED) is 0.694. The lowest BCUT2D eigenvalue weighted by molar-refractivity contribution is -0.131. The number of carbonyl (C=O) groups is 2. The summed E-state index contributed by atoms with van der Waals surface area (Å²) in [5.41, 5.74) is 0.0197. The second-order valence-electron chi connectivity index (χ2n) is 4.37. The van der Waals surface area contributed by atoms with Gasteiger partial charge in [-0.1, -0.05) is 0 Å². The van der Waals surface area contributed by atoms with Gasteiger partial charge in [-0.3, -0.25) is 4.79 Å². The number of hydrogen-bond donors (Lipinski definition) is 0. The molecule has 2 fully saturated rings. The van der Waals surface area contributed by atoms with Crippen molar-refractivity contribution in [3.8, 4) is 0 Å². The van der Waals surface area contributed by atoms with Crippen LogP contribution in [0.3, 0.4) is 0 Å². The number of Topliss-reactive ketones (excluding diaryl/α,β-unsaturated/α-hetero) is 1. The molecule has 1 saturated heterocycles. The summed E-state index contributed by atoms with van der Waals surface area (Å²) < 4.78 is 16.5. The average molecular weight is 215 g/mol. The van der Waals surface area contributed by atoms with E-state index in [0.29, 0.717) is 25.9 Å². The maximum Gasteiger partial charge on any atom is 0.409 e. The molecule has 2 aliphatic rings. The maximum atomic E-state index is 11.8. The number of rotatable bonds is 2. The molecule has 0 radical (unpaired) electrons. The molecule has 0 aromatic heterocycles. The van der Waals surface area contributed by atoms with Crippen LogP contribution in [0, 0.1) is 5.41 Å². The fourth-order valence-corrected chi connectivity index (χ4v) is 2.38. The Labute approximate surface area is 87.4 Å². The van der Waals surface area contributed by atoms with Gasteiger partial charge in [0, 0.05) is 31.3 Å². The first-order valence-corrected chi connectivity index (χ1v) is 5.15. The fraction of sp³-hybridized carbons (Fsp3) is 0.800. The van der Waals surface area contributed by atoms with Crippen molar-refractivity contribution in [2.75, 3.05) is 26.4 Å². The van der Waals surface area contributed by atoms with Crippen LogP contribution in [0.25, 0.3) is 0 Å². The number of nitrogens with zero attached hydrogens (tertiary/aromatic N) is 1. The number of likely N-dealkylation sites (tertiary alicyclic amines) is 1. The number of halogens is 1. The molecule has 1 spiro atoms. The molecule has 0 aromatic carbocycles. The van der Waals surface area contributed by atoms with Gasteiger partial charge in [0.05, 0.1) is 0 Å². The number of ketones is 1. The second kappa shape index (κ2) is 3.79. The summed E-state index contributed by atoms with van der Waals surface area (Å²) in [5.74, 6) is 0.272. The van der Waals surface area contributed by atoms with Crippen molar-refractivity contribution in [3.05, 3.63) is 0 Å². The highest BCUT2D eigenvalue weighted by molar-refractivity contribution is 5.86. The zero-order chi connectivity index (χ0) is 10.9. The molecule has 0 atom stereocenters. The molecule has 0 aromatic rings. The monoisotopic (exact) mass is 215 g/mol. The number of ether oxygens (including phenoxy) is 1. The molecule has 0 N–H and O–H groups in total. The normalized spacial score (nSPS) is 23.0.